The number of aromatic carboxylic acids is 1. The Bertz CT molecular complexity index is 665. The van der Waals surface area contributed by atoms with Crippen molar-refractivity contribution in [3.8, 4) is 5.69 Å². The van der Waals surface area contributed by atoms with Gasteiger partial charge in [-0.1, -0.05) is 19.1 Å². The lowest BCUT2D eigenvalue weighted by molar-refractivity contribution is 0.0697. The van der Waals surface area contributed by atoms with Crippen molar-refractivity contribution in [1.29, 1.82) is 0 Å². The summed E-state index contributed by atoms with van der Waals surface area (Å²) in [6, 6.07) is 7.00. The first-order chi connectivity index (χ1) is 10.6. The van der Waals surface area contributed by atoms with Gasteiger partial charge in [0.15, 0.2) is 0 Å². The number of piperidine rings is 1. The second-order valence-corrected chi connectivity index (χ2v) is 6.08. The molecule has 22 heavy (non-hydrogen) atoms. The van der Waals surface area contributed by atoms with Crippen LogP contribution in [0.5, 0.6) is 0 Å². The maximum atomic E-state index is 11.3. The van der Waals surface area contributed by atoms with Crippen LogP contribution in [0.1, 0.15) is 35.8 Å². The van der Waals surface area contributed by atoms with Gasteiger partial charge in [0.25, 0.3) is 0 Å². The maximum Gasteiger partial charge on any atom is 0.337 e. The average molecular weight is 299 g/mol. The fourth-order valence-corrected chi connectivity index (χ4v) is 3.12. The summed E-state index contributed by atoms with van der Waals surface area (Å²) in [5.41, 5.74) is 1.92. The van der Waals surface area contributed by atoms with E-state index in [4.69, 9.17) is 0 Å². The lowest BCUT2D eigenvalue weighted by atomic mass is 10.0. The summed E-state index contributed by atoms with van der Waals surface area (Å²) in [4.78, 5) is 18.2. The van der Waals surface area contributed by atoms with Crippen molar-refractivity contribution >= 4 is 5.97 Å². The Morgan fingerprint density at radius 2 is 2.23 bits per heavy atom. The summed E-state index contributed by atoms with van der Waals surface area (Å²) in [6.45, 7) is 5.34. The fourth-order valence-electron chi connectivity index (χ4n) is 3.12. The zero-order valence-corrected chi connectivity index (χ0v) is 12.8. The van der Waals surface area contributed by atoms with Crippen LogP contribution in [0.25, 0.3) is 5.69 Å². The van der Waals surface area contributed by atoms with E-state index in [9.17, 15) is 9.90 Å². The molecule has 2 aromatic rings. The molecular formula is C17H21N3O2. The number of nitrogens with zero attached hydrogens (tertiary/aromatic N) is 3. The number of carboxylic acid groups (broad SMARTS) is 1. The van der Waals surface area contributed by atoms with Crippen molar-refractivity contribution in [3.05, 3.63) is 48.0 Å². The third-order valence-electron chi connectivity index (χ3n) is 4.18. The van der Waals surface area contributed by atoms with Crippen molar-refractivity contribution < 1.29 is 9.90 Å². The third kappa shape index (κ3) is 3.20. The van der Waals surface area contributed by atoms with Gasteiger partial charge >= 0.3 is 5.97 Å². The highest BCUT2D eigenvalue weighted by molar-refractivity contribution is 5.91. The number of imidazole rings is 1. The second kappa shape index (κ2) is 6.32. The summed E-state index contributed by atoms with van der Waals surface area (Å²) in [7, 11) is 0. The Morgan fingerprint density at radius 1 is 1.41 bits per heavy atom. The first-order valence-corrected chi connectivity index (χ1v) is 7.71. The van der Waals surface area contributed by atoms with Crippen molar-refractivity contribution in [1.82, 2.24) is 14.5 Å². The Hall–Kier alpha value is -2.14. The minimum absolute atomic E-state index is 0.290. The highest BCUT2D eigenvalue weighted by atomic mass is 16.4. The summed E-state index contributed by atoms with van der Waals surface area (Å²) in [5, 5.41) is 9.28. The van der Waals surface area contributed by atoms with E-state index in [0.717, 1.165) is 31.2 Å². The molecule has 0 amide bonds. The molecule has 3 rings (SSSR count). The molecule has 2 heterocycles. The molecule has 1 aliphatic heterocycles. The van der Waals surface area contributed by atoms with Gasteiger partial charge in [-0.2, -0.15) is 0 Å². The summed E-state index contributed by atoms with van der Waals surface area (Å²) < 4.78 is 1.80. The second-order valence-electron chi connectivity index (χ2n) is 6.08. The van der Waals surface area contributed by atoms with Crippen LogP contribution in [0.2, 0.25) is 0 Å². The number of carboxylic acids is 1. The van der Waals surface area contributed by atoms with Crippen molar-refractivity contribution in [2.45, 2.75) is 26.3 Å². The van der Waals surface area contributed by atoms with Gasteiger partial charge in [-0.3, -0.25) is 4.90 Å². The number of carbonyl (C=O) groups is 1. The maximum absolute atomic E-state index is 11.3. The predicted molar refractivity (Wildman–Crippen MR) is 84.2 cm³/mol. The third-order valence-corrected chi connectivity index (χ3v) is 4.18. The van der Waals surface area contributed by atoms with Crippen LogP contribution in [0, 0.1) is 5.92 Å². The van der Waals surface area contributed by atoms with Crippen molar-refractivity contribution in [2.75, 3.05) is 13.1 Å². The zero-order chi connectivity index (χ0) is 15.5. The van der Waals surface area contributed by atoms with E-state index in [2.05, 4.69) is 16.8 Å². The topological polar surface area (TPSA) is 58.4 Å². The summed E-state index contributed by atoms with van der Waals surface area (Å²) in [5.74, 6) is -0.181. The zero-order valence-electron chi connectivity index (χ0n) is 12.8. The molecule has 116 valence electrons. The van der Waals surface area contributed by atoms with Crippen molar-refractivity contribution in [3.63, 3.8) is 0 Å². The van der Waals surface area contributed by atoms with E-state index in [0.29, 0.717) is 5.69 Å². The van der Waals surface area contributed by atoms with Crippen LogP contribution in [0.4, 0.5) is 0 Å². The van der Waals surface area contributed by atoms with E-state index in [-0.39, 0.29) is 5.56 Å². The highest BCUT2D eigenvalue weighted by Gasteiger charge is 2.17. The molecule has 1 aromatic heterocycles. The lowest BCUT2D eigenvalue weighted by Gasteiger charge is -2.30. The number of aromatic nitrogens is 2. The van der Waals surface area contributed by atoms with Crippen LogP contribution in [0.3, 0.4) is 0 Å². The molecule has 0 saturated carbocycles. The van der Waals surface area contributed by atoms with Gasteiger partial charge in [0.05, 0.1) is 23.3 Å². The van der Waals surface area contributed by atoms with E-state index >= 15 is 0 Å². The van der Waals surface area contributed by atoms with Crippen molar-refractivity contribution in [2.24, 2.45) is 5.92 Å². The Labute approximate surface area is 130 Å². The predicted octanol–water partition coefficient (Wildman–Crippen LogP) is 2.80. The van der Waals surface area contributed by atoms with E-state index in [1.807, 2.05) is 12.3 Å². The minimum Gasteiger partial charge on any atom is -0.478 e. The quantitative estimate of drug-likeness (QED) is 0.943. The van der Waals surface area contributed by atoms with E-state index < -0.39 is 5.97 Å². The first-order valence-electron chi connectivity index (χ1n) is 7.71. The molecule has 1 aromatic carbocycles. The number of hydrogen-bond acceptors (Lipinski definition) is 3. The van der Waals surface area contributed by atoms with Gasteiger partial charge in [-0.05, 0) is 37.4 Å². The summed E-state index contributed by atoms with van der Waals surface area (Å²) in [6.07, 6.45) is 6.17. The molecule has 0 radical (unpaired) electrons. The van der Waals surface area contributed by atoms with E-state index in [1.54, 1.807) is 29.1 Å². The van der Waals surface area contributed by atoms with Gasteiger partial charge < -0.3 is 9.67 Å². The molecule has 1 atom stereocenters. The normalized spacial score (nSPS) is 19.2. The Balaban J connectivity index is 1.78. The van der Waals surface area contributed by atoms with Gasteiger partial charge in [-0.25, -0.2) is 9.78 Å². The fraction of sp³-hybridized carbons (Fsp3) is 0.412. The molecule has 1 aliphatic rings. The number of likely N-dealkylation sites (tertiary alicyclic amines) is 1. The minimum atomic E-state index is -0.921. The van der Waals surface area contributed by atoms with E-state index in [1.165, 1.54) is 12.8 Å². The molecule has 0 aliphatic carbocycles. The summed E-state index contributed by atoms with van der Waals surface area (Å²) >= 11 is 0. The van der Waals surface area contributed by atoms with Crippen LogP contribution in [-0.2, 0) is 6.54 Å². The largest absolute Gasteiger partial charge is 0.478 e. The molecular weight excluding hydrogens is 278 g/mol. The monoisotopic (exact) mass is 299 g/mol. The molecule has 0 spiro atoms. The molecule has 0 bridgehead atoms. The average Bonchev–Trinajstić information content (AvgIpc) is 2.95. The molecule has 1 saturated heterocycles. The van der Waals surface area contributed by atoms with Gasteiger partial charge in [0.1, 0.15) is 0 Å². The number of hydrogen-bond donors (Lipinski definition) is 1. The number of benzene rings is 1. The lowest BCUT2D eigenvalue weighted by Crippen LogP contribution is -2.33. The van der Waals surface area contributed by atoms with Crippen LogP contribution in [-0.4, -0.2) is 38.6 Å². The standard InChI is InChI=1S/C17H21N3O2/c1-13-5-4-8-19(9-13)10-14-11-20(12-18-14)16-7-3-2-6-15(16)17(21)22/h2-3,6-7,11-13H,4-5,8-10H2,1H3,(H,21,22)/t13-/m1/s1. The molecule has 5 nitrogen and oxygen atoms in total. The Morgan fingerprint density at radius 3 is 3.00 bits per heavy atom. The SMILES string of the molecule is C[C@@H]1CCCN(Cc2cn(-c3ccccc3C(=O)O)cn2)C1. The van der Waals surface area contributed by atoms with Crippen LogP contribution >= 0.6 is 0 Å². The number of para-hydroxylation sites is 1. The Kier molecular flexibility index (Phi) is 4.24. The smallest absolute Gasteiger partial charge is 0.337 e. The van der Waals surface area contributed by atoms with Crippen LogP contribution < -0.4 is 0 Å². The molecule has 1 N–H and O–H groups in total. The first kappa shape index (κ1) is 14.8. The van der Waals surface area contributed by atoms with Gasteiger partial charge in [0, 0.05) is 19.3 Å². The highest BCUT2D eigenvalue weighted by Crippen LogP contribution is 2.19. The number of rotatable bonds is 4. The van der Waals surface area contributed by atoms with Gasteiger partial charge in [0.2, 0.25) is 0 Å². The molecule has 0 unspecified atom stereocenters. The molecule has 5 heteroatoms. The van der Waals surface area contributed by atoms with Crippen LogP contribution in [0.15, 0.2) is 36.8 Å². The van der Waals surface area contributed by atoms with Gasteiger partial charge in [-0.15, -0.1) is 0 Å². The molecule has 1 fully saturated rings.